The Bertz CT molecular complexity index is 518. The summed E-state index contributed by atoms with van der Waals surface area (Å²) in [6.07, 6.45) is 6.00. The van der Waals surface area contributed by atoms with Crippen LogP contribution in [0, 0.1) is 11.8 Å². The molecule has 122 valence electrons. The Morgan fingerprint density at radius 3 is 2.59 bits per heavy atom. The van der Waals surface area contributed by atoms with Crippen molar-refractivity contribution in [2.24, 2.45) is 11.8 Å². The Morgan fingerprint density at radius 1 is 1.32 bits per heavy atom. The van der Waals surface area contributed by atoms with Crippen LogP contribution in [0.15, 0.2) is 12.1 Å². The van der Waals surface area contributed by atoms with Crippen LogP contribution in [-0.4, -0.2) is 23.0 Å². The molecule has 0 aliphatic heterocycles. The van der Waals surface area contributed by atoms with Crippen molar-refractivity contribution in [3.05, 3.63) is 21.9 Å². The van der Waals surface area contributed by atoms with Crippen molar-refractivity contribution in [3.63, 3.8) is 0 Å². The van der Waals surface area contributed by atoms with Crippen LogP contribution in [0.1, 0.15) is 60.5 Å². The smallest absolute Gasteiger partial charge is 0.326 e. The van der Waals surface area contributed by atoms with Gasteiger partial charge in [-0.25, -0.2) is 4.79 Å². The molecule has 1 amide bonds. The number of thiophene rings is 1. The first-order chi connectivity index (χ1) is 10.5. The number of carbonyl (C=O) groups excluding carboxylic acids is 1. The van der Waals surface area contributed by atoms with Gasteiger partial charge in [0.25, 0.3) is 5.91 Å². The van der Waals surface area contributed by atoms with Crippen molar-refractivity contribution in [3.8, 4) is 0 Å². The zero-order chi connectivity index (χ0) is 16.1. The van der Waals surface area contributed by atoms with Gasteiger partial charge >= 0.3 is 5.97 Å². The Hall–Kier alpha value is -1.36. The van der Waals surface area contributed by atoms with E-state index in [0.717, 1.165) is 19.3 Å². The molecule has 0 aromatic carbocycles. The Kier molecular flexibility index (Phi) is 6.00. The maximum atomic E-state index is 12.3. The van der Waals surface area contributed by atoms with E-state index in [2.05, 4.69) is 19.2 Å². The van der Waals surface area contributed by atoms with Gasteiger partial charge in [-0.15, -0.1) is 11.3 Å². The SMILES string of the molecule is CC(C)Cc1ccc(C(=O)NC(CC2CCCC2)C(=O)O)s1. The summed E-state index contributed by atoms with van der Waals surface area (Å²) in [4.78, 5) is 25.4. The van der Waals surface area contributed by atoms with Crippen LogP contribution in [0.25, 0.3) is 0 Å². The molecule has 0 radical (unpaired) electrons. The average Bonchev–Trinajstić information content (AvgIpc) is 3.08. The van der Waals surface area contributed by atoms with Gasteiger partial charge in [-0.1, -0.05) is 39.5 Å². The number of hydrogen-bond donors (Lipinski definition) is 2. The summed E-state index contributed by atoms with van der Waals surface area (Å²) < 4.78 is 0. The molecule has 0 bridgehead atoms. The molecule has 1 saturated carbocycles. The van der Waals surface area contributed by atoms with Crippen LogP contribution in [0.5, 0.6) is 0 Å². The third-order valence-corrected chi connectivity index (χ3v) is 5.25. The average molecular weight is 323 g/mol. The van der Waals surface area contributed by atoms with E-state index < -0.39 is 12.0 Å². The number of rotatable bonds is 7. The van der Waals surface area contributed by atoms with Crippen LogP contribution in [0.4, 0.5) is 0 Å². The fraction of sp³-hybridized carbons (Fsp3) is 0.647. The highest BCUT2D eigenvalue weighted by atomic mass is 32.1. The van der Waals surface area contributed by atoms with Crippen molar-refractivity contribution in [1.82, 2.24) is 5.32 Å². The van der Waals surface area contributed by atoms with Crippen molar-refractivity contribution in [2.45, 2.75) is 58.4 Å². The van der Waals surface area contributed by atoms with Gasteiger partial charge < -0.3 is 10.4 Å². The number of carboxylic acids is 1. The number of hydrogen-bond acceptors (Lipinski definition) is 3. The predicted molar refractivity (Wildman–Crippen MR) is 88.3 cm³/mol. The lowest BCUT2D eigenvalue weighted by Crippen LogP contribution is -2.41. The van der Waals surface area contributed by atoms with E-state index in [1.165, 1.54) is 29.1 Å². The summed E-state index contributed by atoms with van der Waals surface area (Å²) in [6, 6.07) is 2.99. The molecule has 1 heterocycles. The largest absolute Gasteiger partial charge is 0.480 e. The summed E-state index contributed by atoms with van der Waals surface area (Å²) in [6.45, 7) is 4.28. The standard InChI is InChI=1S/C17H25NO3S/c1-11(2)9-13-7-8-15(22-13)16(19)18-14(17(20)21)10-12-5-3-4-6-12/h7-8,11-12,14H,3-6,9-10H2,1-2H3,(H,18,19)(H,20,21). The van der Waals surface area contributed by atoms with Gasteiger partial charge in [0.2, 0.25) is 0 Å². The van der Waals surface area contributed by atoms with Crippen LogP contribution < -0.4 is 5.32 Å². The molecule has 1 aliphatic rings. The Morgan fingerprint density at radius 2 is 2.00 bits per heavy atom. The van der Waals surface area contributed by atoms with Crippen molar-refractivity contribution >= 4 is 23.2 Å². The minimum Gasteiger partial charge on any atom is -0.480 e. The minimum absolute atomic E-state index is 0.259. The maximum absolute atomic E-state index is 12.3. The molecular formula is C17H25NO3S. The van der Waals surface area contributed by atoms with Crippen molar-refractivity contribution < 1.29 is 14.7 Å². The summed E-state index contributed by atoms with van der Waals surface area (Å²) in [5, 5.41) is 12.0. The molecule has 0 spiro atoms. The fourth-order valence-corrected chi connectivity index (χ4v) is 4.17. The molecule has 1 aromatic rings. The number of amides is 1. The summed E-state index contributed by atoms with van der Waals surface area (Å²) in [7, 11) is 0. The lowest BCUT2D eigenvalue weighted by atomic mass is 9.98. The zero-order valence-corrected chi connectivity index (χ0v) is 14.1. The summed E-state index contributed by atoms with van der Waals surface area (Å²) in [5.41, 5.74) is 0. The lowest BCUT2D eigenvalue weighted by molar-refractivity contribution is -0.139. The number of aliphatic carboxylic acids is 1. The lowest BCUT2D eigenvalue weighted by Gasteiger charge is -2.17. The molecule has 1 aromatic heterocycles. The van der Waals surface area contributed by atoms with E-state index >= 15 is 0 Å². The highest BCUT2D eigenvalue weighted by molar-refractivity contribution is 7.14. The molecule has 1 aliphatic carbocycles. The van der Waals surface area contributed by atoms with Gasteiger partial charge in [-0.2, -0.15) is 0 Å². The predicted octanol–water partition coefficient (Wildman–Crippen LogP) is 3.71. The number of nitrogens with one attached hydrogen (secondary N) is 1. The van der Waals surface area contributed by atoms with E-state index in [1.807, 2.05) is 6.07 Å². The van der Waals surface area contributed by atoms with E-state index in [-0.39, 0.29) is 5.91 Å². The monoisotopic (exact) mass is 323 g/mol. The molecule has 1 unspecified atom stereocenters. The molecule has 1 fully saturated rings. The second kappa shape index (κ2) is 7.77. The van der Waals surface area contributed by atoms with E-state index in [0.29, 0.717) is 23.1 Å². The molecule has 2 N–H and O–H groups in total. The van der Waals surface area contributed by atoms with Crippen LogP contribution in [-0.2, 0) is 11.2 Å². The molecule has 5 heteroatoms. The number of carboxylic acid groups (broad SMARTS) is 1. The molecule has 0 saturated heterocycles. The second-order valence-corrected chi connectivity index (χ2v) is 7.78. The second-order valence-electron chi connectivity index (χ2n) is 6.61. The summed E-state index contributed by atoms with van der Waals surface area (Å²) >= 11 is 1.46. The van der Waals surface area contributed by atoms with Crippen molar-refractivity contribution in [1.29, 1.82) is 0 Å². The minimum atomic E-state index is -0.931. The van der Waals surface area contributed by atoms with Gasteiger partial charge in [0.05, 0.1) is 4.88 Å². The topological polar surface area (TPSA) is 66.4 Å². The van der Waals surface area contributed by atoms with Gasteiger partial charge in [0.1, 0.15) is 6.04 Å². The van der Waals surface area contributed by atoms with Gasteiger partial charge in [0.15, 0.2) is 0 Å². The first-order valence-corrected chi connectivity index (χ1v) is 8.89. The van der Waals surface area contributed by atoms with E-state index in [4.69, 9.17) is 0 Å². The molecular weight excluding hydrogens is 298 g/mol. The van der Waals surface area contributed by atoms with Gasteiger partial charge in [0, 0.05) is 4.88 Å². The van der Waals surface area contributed by atoms with Gasteiger partial charge in [-0.05, 0) is 36.8 Å². The van der Waals surface area contributed by atoms with Crippen LogP contribution in [0.3, 0.4) is 0 Å². The molecule has 22 heavy (non-hydrogen) atoms. The van der Waals surface area contributed by atoms with Crippen LogP contribution in [0.2, 0.25) is 0 Å². The van der Waals surface area contributed by atoms with Crippen LogP contribution >= 0.6 is 11.3 Å². The molecule has 1 atom stereocenters. The summed E-state index contributed by atoms with van der Waals surface area (Å²) in [5.74, 6) is -0.213. The third-order valence-electron chi connectivity index (χ3n) is 4.14. The first kappa shape index (κ1) is 17.0. The van der Waals surface area contributed by atoms with E-state index in [1.54, 1.807) is 6.07 Å². The fourth-order valence-electron chi connectivity index (χ4n) is 3.04. The molecule has 2 rings (SSSR count). The zero-order valence-electron chi connectivity index (χ0n) is 13.3. The normalized spacial score (nSPS) is 16.9. The molecule has 4 nitrogen and oxygen atoms in total. The maximum Gasteiger partial charge on any atom is 0.326 e. The Labute approximate surface area is 135 Å². The van der Waals surface area contributed by atoms with Crippen molar-refractivity contribution in [2.75, 3.05) is 0 Å². The van der Waals surface area contributed by atoms with Gasteiger partial charge in [-0.3, -0.25) is 4.79 Å². The van der Waals surface area contributed by atoms with E-state index in [9.17, 15) is 14.7 Å². The quantitative estimate of drug-likeness (QED) is 0.804. The highest BCUT2D eigenvalue weighted by Crippen LogP contribution is 2.29. The Balaban J connectivity index is 1.95. The number of carbonyl (C=O) groups is 2. The first-order valence-electron chi connectivity index (χ1n) is 8.08. The third kappa shape index (κ3) is 4.83. The highest BCUT2D eigenvalue weighted by Gasteiger charge is 2.26.